The van der Waals surface area contributed by atoms with Crippen LogP contribution >= 0.6 is 0 Å². The molecule has 1 amide bonds. The Morgan fingerprint density at radius 1 is 0.950 bits per heavy atom. The zero-order valence-corrected chi connectivity index (χ0v) is 25.0. The molecule has 3 atom stereocenters. The average Bonchev–Trinajstić information content (AvgIpc) is 3.79. The summed E-state index contributed by atoms with van der Waals surface area (Å²) >= 11 is 0. The minimum absolute atomic E-state index is 0.0225. The maximum Gasteiger partial charge on any atom is 0.227 e. The number of alkyl halides is 1. The molecule has 0 aromatic carbocycles. The third-order valence-electron chi connectivity index (χ3n) is 11.2. The molecule has 3 aliphatic carbocycles. The van der Waals surface area contributed by atoms with Crippen molar-refractivity contribution >= 4 is 5.91 Å². The highest BCUT2D eigenvalue weighted by Crippen LogP contribution is 2.49. The summed E-state index contributed by atoms with van der Waals surface area (Å²) in [7, 11) is 6.65. The van der Waals surface area contributed by atoms with Crippen molar-refractivity contribution in [3.63, 3.8) is 0 Å². The fraction of sp³-hybridized carbons (Fsp3) is 0.867. The van der Waals surface area contributed by atoms with Gasteiger partial charge < -0.3 is 4.90 Å². The van der Waals surface area contributed by atoms with Crippen molar-refractivity contribution in [1.29, 1.82) is 5.26 Å². The first-order valence-corrected chi connectivity index (χ1v) is 15.6. The summed E-state index contributed by atoms with van der Waals surface area (Å²) in [5, 5.41) is 14.6. The van der Waals surface area contributed by atoms with E-state index in [4.69, 9.17) is 5.10 Å². The maximum atomic E-state index is 14.6. The Kier molecular flexibility index (Phi) is 8.84. The monoisotopic (exact) mass is 556 g/mol. The van der Waals surface area contributed by atoms with E-state index < -0.39 is 23.5 Å². The van der Waals surface area contributed by atoms with Crippen molar-refractivity contribution in [2.45, 2.75) is 138 Å². The molecule has 1 aromatic heterocycles. The molecule has 222 valence electrons. The predicted octanol–water partition coefficient (Wildman–Crippen LogP) is 4.12. The van der Waals surface area contributed by atoms with Crippen LogP contribution in [-0.2, 0) is 10.5 Å². The lowest BCUT2D eigenvalue weighted by molar-refractivity contribution is -0.214. The van der Waals surface area contributed by atoms with Crippen LogP contribution in [0.2, 0.25) is 0 Å². The van der Waals surface area contributed by atoms with Gasteiger partial charge in [-0.25, -0.2) is 14.1 Å². The highest BCUT2D eigenvalue weighted by molar-refractivity contribution is 5.78. The summed E-state index contributed by atoms with van der Waals surface area (Å²) in [5.74, 6) is -0.182. The molecule has 40 heavy (non-hydrogen) atoms. The number of hydrogen-bond donors (Lipinski definition) is 0. The summed E-state index contributed by atoms with van der Waals surface area (Å²) in [6.07, 6.45) is 16.2. The van der Waals surface area contributed by atoms with E-state index in [9.17, 15) is 14.4 Å². The van der Waals surface area contributed by atoms with E-state index in [2.05, 4.69) is 53.8 Å². The molecule has 4 fully saturated rings. The Hall–Kier alpha value is -2.09. The number of likely N-dealkylation sites (N-methyl/N-ethyl adjacent to an activating group) is 3. The van der Waals surface area contributed by atoms with Crippen LogP contribution in [0.25, 0.3) is 0 Å². The van der Waals surface area contributed by atoms with Gasteiger partial charge in [0.1, 0.15) is 30.5 Å². The molecular weight excluding hydrogens is 507 g/mol. The zero-order valence-electron chi connectivity index (χ0n) is 25.0. The number of amides is 1. The standard InChI is InChI=1S/C30H49FN8O/c1-29(35(2)24-11-5-6-12-24,36(3)25-13-7-8-14-25)30(39-22-33-21-34-39,37(4)26-15-9-10-16-26)18-28(40)38-20-23(31)17-27(38)19-32/h21-27H,5-18,20H2,1-4H3/t23-,27-,30-/m0/s1. The predicted molar refractivity (Wildman–Crippen MR) is 152 cm³/mol. The molecule has 9 nitrogen and oxygen atoms in total. The van der Waals surface area contributed by atoms with Gasteiger partial charge in [0, 0.05) is 24.5 Å². The summed E-state index contributed by atoms with van der Waals surface area (Å²) in [4.78, 5) is 27.8. The number of carbonyl (C=O) groups excluding carboxylic acids is 1. The van der Waals surface area contributed by atoms with Gasteiger partial charge in [-0.05, 0) is 66.6 Å². The molecule has 0 bridgehead atoms. The SMILES string of the molecule is CN(C1CCCC1)C(C)(N(C)C1CCCC1)[C@@](CC(=O)N1C[C@@H](F)C[C@H]1C#N)(N(C)C1CCCC1)n1cncn1. The molecule has 0 unspecified atom stereocenters. The summed E-state index contributed by atoms with van der Waals surface area (Å²) in [6.45, 7) is 2.29. The molecular formula is C30H49FN8O. The first-order chi connectivity index (χ1) is 19.2. The Bertz CT molecular complexity index is 1000. The van der Waals surface area contributed by atoms with Gasteiger partial charge in [0.15, 0.2) is 5.66 Å². The van der Waals surface area contributed by atoms with Crippen LogP contribution in [0.4, 0.5) is 4.39 Å². The molecule has 1 aromatic rings. The van der Waals surface area contributed by atoms with Crippen molar-refractivity contribution < 1.29 is 9.18 Å². The number of rotatable bonds is 10. The van der Waals surface area contributed by atoms with Crippen LogP contribution in [-0.4, -0.2) is 104 Å². The van der Waals surface area contributed by atoms with Crippen LogP contribution in [0.1, 0.15) is 96.8 Å². The van der Waals surface area contributed by atoms with Crippen LogP contribution in [0.5, 0.6) is 0 Å². The van der Waals surface area contributed by atoms with Crippen LogP contribution in [0.3, 0.4) is 0 Å². The second kappa shape index (κ2) is 12.0. The zero-order chi connectivity index (χ0) is 28.5. The van der Waals surface area contributed by atoms with Crippen molar-refractivity contribution in [3.8, 4) is 6.07 Å². The van der Waals surface area contributed by atoms with Gasteiger partial charge in [-0.2, -0.15) is 10.4 Å². The van der Waals surface area contributed by atoms with E-state index in [0.717, 1.165) is 51.4 Å². The normalized spacial score (nSPS) is 26.9. The third kappa shape index (κ3) is 4.96. The lowest BCUT2D eigenvalue weighted by Crippen LogP contribution is -2.78. The van der Waals surface area contributed by atoms with Crippen LogP contribution in [0, 0.1) is 11.3 Å². The number of nitriles is 1. The number of hydrogen-bond acceptors (Lipinski definition) is 7. The molecule has 0 N–H and O–H groups in total. The molecule has 2 heterocycles. The Morgan fingerprint density at radius 2 is 1.45 bits per heavy atom. The second-order valence-electron chi connectivity index (χ2n) is 13.0. The number of aromatic nitrogens is 3. The number of halogens is 1. The van der Waals surface area contributed by atoms with Crippen molar-refractivity contribution in [2.24, 2.45) is 0 Å². The number of likely N-dealkylation sites (tertiary alicyclic amines) is 1. The first-order valence-electron chi connectivity index (χ1n) is 15.6. The molecule has 3 saturated carbocycles. The minimum atomic E-state index is -1.17. The quantitative estimate of drug-likeness (QED) is 0.401. The highest BCUT2D eigenvalue weighted by atomic mass is 19.1. The maximum absolute atomic E-state index is 14.6. The average molecular weight is 557 g/mol. The highest BCUT2D eigenvalue weighted by Gasteiger charge is 2.62. The minimum Gasteiger partial charge on any atom is -0.324 e. The molecule has 0 radical (unpaired) electrons. The van der Waals surface area contributed by atoms with Crippen LogP contribution < -0.4 is 0 Å². The van der Waals surface area contributed by atoms with E-state index in [-0.39, 0.29) is 31.3 Å². The van der Waals surface area contributed by atoms with Gasteiger partial charge in [0.25, 0.3) is 0 Å². The number of nitrogens with zero attached hydrogens (tertiary/aromatic N) is 8. The van der Waals surface area contributed by atoms with Crippen molar-refractivity contribution in [3.05, 3.63) is 12.7 Å². The topological polar surface area (TPSA) is 84.5 Å². The molecule has 1 saturated heterocycles. The fourth-order valence-electron chi connectivity index (χ4n) is 8.68. The van der Waals surface area contributed by atoms with Crippen molar-refractivity contribution in [1.82, 2.24) is 34.4 Å². The van der Waals surface area contributed by atoms with Gasteiger partial charge >= 0.3 is 0 Å². The van der Waals surface area contributed by atoms with Gasteiger partial charge in [0.05, 0.1) is 19.0 Å². The Balaban J connectivity index is 1.69. The third-order valence-corrected chi connectivity index (χ3v) is 11.2. The van der Waals surface area contributed by atoms with E-state index in [1.165, 1.54) is 30.6 Å². The lowest BCUT2D eigenvalue weighted by Gasteiger charge is -2.63. The van der Waals surface area contributed by atoms with Gasteiger partial charge in [-0.3, -0.25) is 19.5 Å². The van der Waals surface area contributed by atoms with Gasteiger partial charge in [-0.15, -0.1) is 0 Å². The summed E-state index contributed by atoms with van der Waals surface area (Å²) in [5.41, 5.74) is -1.58. The fourth-order valence-corrected chi connectivity index (χ4v) is 8.68. The molecule has 1 aliphatic heterocycles. The first kappa shape index (κ1) is 29.4. The van der Waals surface area contributed by atoms with E-state index in [1.807, 2.05) is 4.68 Å². The van der Waals surface area contributed by atoms with E-state index in [0.29, 0.717) is 12.1 Å². The second-order valence-corrected chi connectivity index (χ2v) is 13.0. The molecule has 10 heteroatoms. The number of carbonyl (C=O) groups is 1. The molecule has 0 spiro atoms. The Labute approximate surface area is 239 Å². The lowest BCUT2D eigenvalue weighted by atomic mass is 9.82. The largest absolute Gasteiger partial charge is 0.324 e. The van der Waals surface area contributed by atoms with Crippen molar-refractivity contribution in [2.75, 3.05) is 27.7 Å². The smallest absolute Gasteiger partial charge is 0.227 e. The van der Waals surface area contributed by atoms with Gasteiger partial charge in [-0.1, -0.05) is 38.5 Å². The summed E-state index contributed by atoms with van der Waals surface area (Å²) < 4.78 is 16.5. The van der Waals surface area contributed by atoms with E-state index >= 15 is 0 Å². The molecule has 4 aliphatic rings. The molecule has 5 rings (SSSR count). The summed E-state index contributed by atoms with van der Waals surface area (Å²) in [6, 6.07) is 2.52. The van der Waals surface area contributed by atoms with E-state index in [1.54, 1.807) is 12.7 Å². The Morgan fingerprint density at radius 3 is 1.90 bits per heavy atom. The van der Waals surface area contributed by atoms with Gasteiger partial charge in [0.2, 0.25) is 5.91 Å². The van der Waals surface area contributed by atoms with Crippen LogP contribution in [0.15, 0.2) is 12.7 Å².